The van der Waals surface area contributed by atoms with E-state index in [1.165, 1.54) is 58.8 Å². The van der Waals surface area contributed by atoms with Crippen LogP contribution >= 0.6 is 35.2 Å². The molecular formula is C47H84N7O22P3S. The molecule has 2 amide bonds. The Hall–Kier alpha value is -2.64. The molecule has 2 aromatic rings. The van der Waals surface area contributed by atoms with Crippen LogP contribution < -0.4 is 16.4 Å². The molecule has 0 aromatic carbocycles. The SMILES string of the molecule is C[C@H](CCCCCCCCCCCCCCC[C@@H](O)CC(=O)SCCNC(=O)CCNC(=O)[C@H](O)C(C)(C)COP(=O)(O)OP(=O)(O)OC[C@H]1O[C@@H](n2cnc3c(N)ncnc32)[C@H](O)[C@@H]1OP(=O)(O)O)O[C@@H]1O[C@@H](C)[C@H](O)C[C@H]1O. The Labute approximate surface area is 469 Å². The number of fused-ring (bicyclic) bond motifs is 1. The Kier molecular flexibility index (Phi) is 29.5. The molecule has 4 rings (SSSR count). The van der Waals surface area contributed by atoms with Crippen molar-refractivity contribution < 1.29 is 105 Å². The average molecular weight is 1220 g/mol. The van der Waals surface area contributed by atoms with Crippen LogP contribution in [0.1, 0.15) is 149 Å². The number of nitrogen functional groups attached to an aromatic ring is 1. The van der Waals surface area contributed by atoms with Crippen LogP contribution in [0.25, 0.3) is 11.2 Å². The third kappa shape index (κ3) is 24.9. The van der Waals surface area contributed by atoms with E-state index in [-0.39, 0.29) is 72.4 Å². The number of unbranched alkanes of at least 4 members (excludes halogenated alkanes) is 12. The first-order valence-corrected chi connectivity index (χ1v) is 32.5. The summed E-state index contributed by atoms with van der Waals surface area (Å²) in [6, 6.07) is 0. The van der Waals surface area contributed by atoms with Crippen LogP contribution in [-0.4, -0.2) is 175 Å². The lowest BCUT2D eigenvalue weighted by molar-refractivity contribution is -0.273. The molecule has 0 saturated carbocycles. The third-order valence-electron chi connectivity index (χ3n) is 13.4. The second-order valence-electron chi connectivity index (χ2n) is 20.8. The van der Waals surface area contributed by atoms with Crippen molar-refractivity contribution in [2.45, 2.75) is 211 Å². The maximum atomic E-state index is 12.8. The Morgan fingerprint density at radius 3 is 2.06 bits per heavy atom. The van der Waals surface area contributed by atoms with E-state index >= 15 is 0 Å². The van der Waals surface area contributed by atoms with Gasteiger partial charge in [-0.05, 0) is 26.7 Å². The van der Waals surface area contributed by atoms with E-state index in [0.29, 0.717) is 6.42 Å². The second kappa shape index (κ2) is 33.7. The molecule has 0 spiro atoms. The van der Waals surface area contributed by atoms with Gasteiger partial charge >= 0.3 is 23.5 Å². The highest BCUT2D eigenvalue weighted by Crippen LogP contribution is 2.61. The van der Waals surface area contributed by atoms with Gasteiger partial charge in [0.1, 0.15) is 42.4 Å². The fourth-order valence-electron chi connectivity index (χ4n) is 8.77. The second-order valence-corrected chi connectivity index (χ2v) is 26.2. The predicted molar refractivity (Wildman–Crippen MR) is 288 cm³/mol. The number of ether oxygens (including phenoxy) is 3. The maximum Gasteiger partial charge on any atom is 0.481 e. The zero-order valence-corrected chi connectivity index (χ0v) is 49.2. The van der Waals surface area contributed by atoms with Crippen molar-refractivity contribution in [2.75, 3.05) is 37.8 Å². The minimum atomic E-state index is -5.60. The summed E-state index contributed by atoms with van der Waals surface area (Å²) in [4.78, 5) is 88.8. The van der Waals surface area contributed by atoms with Crippen molar-refractivity contribution in [3.63, 3.8) is 0 Å². The average Bonchev–Trinajstić information content (AvgIpc) is 3.93. The fraction of sp³-hybridized carbons (Fsp3) is 0.830. The summed E-state index contributed by atoms with van der Waals surface area (Å²) >= 11 is 0.986. The molecule has 80 heavy (non-hydrogen) atoms. The zero-order valence-electron chi connectivity index (χ0n) is 45.7. The number of phosphoric ester groups is 3. The molecule has 0 radical (unpaired) electrons. The van der Waals surface area contributed by atoms with Crippen molar-refractivity contribution in [1.29, 1.82) is 0 Å². The molecule has 460 valence electrons. The number of nitrogens with zero attached hydrogens (tertiary/aromatic N) is 4. The largest absolute Gasteiger partial charge is 0.481 e. The first-order valence-electron chi connectivity index (χ1n) is 27.0. The van der Waals surface area contributed by atoms with Gasteiger partial charge in [-0.25, -0.2) is 28.6 Å². The van der Waals surface area contributed by atoms with Crippen LogP contribution in [0, 0.1) is 5.41 Å². The highest BCUT2D eigenvalue weighted by molar-refractivity contribution is 8.13. The number of anilines is 1. The molecule has 13 atom stereocenters. The molecule has 2 aromatic heterocycles. The van der Waals surface area contributed by atoms with E-state index in [9.17, 15) is 73.2 Å². The van der Waals surface area contributed by atoms with E-state index in [1.807, 2.05) is 6.92 Å². The minimum Gasteiger partial charge on any atom is -0.393 e. The standard InChI is InChI=1S/C47H84N7O22P3S/c1-30(72-46-34(57)25-33(56)31(2)73-46)18-16-14-12-10-8-6-5-7-9-11-13-15-17-19-32(55)24-37(59)80-23-22-49-36(58)20-21-50-44(62)41(61)47(3,4)27-71-79(68,69)76-78(66,67)70-26-35-40(75-77(63,64)65)39(60)45(74-35)54-29-53-38-42(48)51-28-52-43(38)54/h28-35,39-41,45-46,55-57,60-61H,5-27H2,1-4H3,(H,49,58)(H,50,62)(H,66,67)(H,68,69)(H2,48,51,52)(H2,63,64,65)/t30-,31+,32-,33-,34-,35-,39-,40-,41+,45-,46-/m1/s1. The van der Waals surface area contributed by atoms with Gasteiger partial charge in [0.15, 0.2) is 29.1 Å². The Morgan fingerprint density at radius 2 is 1.44 bits per heavy atom. The van der Waals surface area contributed by atoms with Crippen LogP contribution in [-0.2, 0) is 60.2 Å². The molecule has 2 fully saturated rings. The van der Waals surface area contributed by atoms with E-state index < -0.39 is 109 Å². The molecule has 2 aliphatic heterocycles. The van der Waals surface area contributed by atoms with Gasteiger partial charge in [0.25, 0.3) is 0 Å². The lowest BCUT2D eigenvalue weighted by Gasteiger charge is -2.36. The number of rotatable bonds is 39. The van der Waals surface area contributed by atoms with Crippen molar-refractivity contribution in [3.05, 3.63) is 12.7 Å². The van der Waals surface area contributed by atoms with Crippen LogP contribution in [0.4, 0.5) is 5.82 Å². The fourth-order valence-corrected chi connectivity index (χ4v) is 12.3. The van der Waals surface area contributed by atoms with Crippen LogP contribution in [0.5, 0.6) is 0 Å². The van der Waals surface area contributed by atoms with Gasteiger partial charge in [-0.1, -0.05) is 109 Å². The maximum absolute atomic E-state index is 12.8. The molecule has 2 unspecified atom stereocenters. The summed E-state index contributed by atoms with van der Waals surface area (Å²) in [5.41, 5.74) is 4.24. The zero-order chi connectivity index (χ0) is 59.3. The topological polar surface area (TPSA) is 443 Å². The lowest BCUT2D eigenvalue weighted by Crippen LogP contribution is -2.48. The number of aliphatic hydroxyl groups is 5. The van der Waals surface area contributed by atoms with Crippen molar-refractivity contribution in [2.24, 2.45) is 5.41 Å². The number of nitrogens with two attached hydrogens (primary N) is 1. The molecule has 2 aliphatic rings. The number of aliphatic hydroxyl groups excluding tert-OH is 5. The normalized spacial score (nSPS) is 24.5. The number of imidazole rings is 1. The lowest BCUT2D eigenvalue weighted by atomic mass is 9.87. The van der Waals surface area contributed by atoms with Gasteiger partial charge in [0.2, 0.25) is 11.8 Å². The predicted octanol–water partition coefficient (Wildman–Crippen LogP) is 3.53. The quantitative estimate of drug-likeness (QED) is 0.0336. The van der Waals surface area contributed by atoms with Crippen molar-refractivity contribution >= 4 is 69.1 Å². The van der Waals surface area contributed by atoms with Crippen LogP contribution in [0.15, 0.2) is 12.7 Å². The number of carbonyl (C=O) groups excluding carboxylic acids is 3. The number of amides is 2. The number of phosphoric acid groups is 3. The van der Waals surface area contributed by atoms with Crippen LogP contribution in [0.2, 0.25) is 0 Å². The molecule has 29 nitrogen and oxygen atoms in total. The Morgan fingerprint density at radius 1 is 0.838 bits per heavy atom. The monoisotopic (exact) mass is 1220 g/mol. The number of hydrogen-bond donors (Lipinski definition) is 12. The highest BCUT2D eigenvalue weighted by atomic mass is 32.2. The van der Waals surface area contributed by atoms with E-state index in [1.54, 1.807) is 6.92 Å². The van der Waals surface area contributed by atoms with Crippen molar-refractivity contribution in [1.82, 2.24) is 30.2 Å². The van der Waals surface area contributed by atoms with Crippen molar-refractivity contribution in [3.8, 4) is 0 Å². The van der Waals surface area contributed by atoms with E-state index in [0.717, 1.165) is 73.9 Å². The number of aromatic nitrogens is 4. The van der Waals surface area contributed by atoms with Gasteiger partial charge in [-0.2, -0.15) is 4.31 Å². The van der Waals surface area contributed by atoms with Gasteiger partial charge in [-0.3, -0.25) is 32.5 Å². The summed E-state index contributed by atoms with van der Waals surface area (Å²) in [6.07, 6.45) is 6.08. The summed E-state index contributed by atoms with van der Waals surface area (Å²) in [5, 5.41) is 56.7. The molecule has 2 saturated heterocycles. The summed E-state index contributed by atoms with van der Waals surface area (Å²) < 4.78 is 74.0. The molecule has 4 heterocycles. The van der Waals surface area contributed by atoms with Gasteiger partial charge in [0.05, 0.1) is 44.0 Å². The van der Waals surface area contributed by atoms with E-state index in [2.05, 4.69) is 34.4 Å². The van der Waals surface area contributed by atoms with Gasteiger partial charge in [0, 0.05) is 43.5 Å². The van der Waals surface area contributed by atoms with Crippen LogP contribution in [0.3, 0.4) is 0 Å². The van der Waals surface area contributed by atoms with E-state index in [4.69, 9.17) is 29.0 Å². The molecule has 0 aliphatic carbocycles. The molecule has 0 bridgehead atoms. The number of thioether (sulfide) groups is 1. The Balaban J connectivity index is 0.986. The third-order valence-corrected chi connectivity index (χ3v) is 17.4. The number of hydrogen-bond acceptors (Lipinski definition) is 23. The smallest absolute Gasteiger partial charge is 0.393 e. The first-order chi connectivity index (χ1) is 37.6. The molecule has 33 heteroatoms. The van der Waals surface area contributed by atoms with Gasteiger partial charge in [-0.15, -0.1) is 0 Å². The number of nitrogens with one attached hydrogen (secondary N) is 2. The van der Waals surface area contributed by atoms with Gasteiger partial charge < -0.3 is 75.7 Å². The number of carbonyl (C=O) groups is 3. The highest BCUT2D eigenvalue weighted by Gasteiger charge is 2.50. The summed E-state index contributed by atoms with van der Waals surface area (Å²) in [6.45, 7) is 4.12. The minimum absolute atomic E-state index is 0.000724. The molecular weight excluding hydrogens is 1140 g/mol. The first kappa shape index (κ1) is 69.9. The molecule has 13 N–H and O–H groups in total. The summed E-state index contributed by atoms with van der Waals surface area (Å²) in [7, 11) is -16.5. The Bertz CT molecular complexity index is 2380. The summed E-state index contributed by atoms with van der Waals surface area (Å²) in [5.74, 6) is -1.26.